The van der Waals surface area contributed by atoms with Crippen LogP contribution < -0.4 is 4.74 Å². The summed E-state index contributed by atoms with van der Waals surface area (Å²) in [7, 11) is 1.67. The van der Waals surface area contributed by atoms with Crippen molar-refractivity contribution >= 4 is 10.9 Å². The molecule has 3 aromatic rings. The monoisotopic (exact) mass is 267 g/mol. The minimum absolute atomic E-state index is 0.141. The van der Waals surface area contributed by atoms with Crippen molar-refractivity contribution in [1.29, 1.82) is 0 Å². The van der Waals surface area contributed by atoms with E-state index in [2.05, 4.69) is 17.1 Å². The number of rotatable bonds is 4. The molecule has 3 rings (SSSR count). The van der Waals surface area contributed by atoms with Crippen LogP contribution in [0.3, 0.4) is 0 Å². The van der Waals surface area contributed by atoms with Gasteiger partial charge in [0.2, 0.25) is 0 Å². The molecule has 0 saturated carbocycles. The molecule has 0 fully saturated rings. The molecule has 0 aliphatic carbocycles. The van der Waals surface area contributed by atoms with Crippen LogP contribution >= 0.6 is 0 Å². The third-order valence-corrected chi connectivity index (χ3v) is 3.58. The van der Waals surface area contributed by atoms with Crippen LogP contribution in [0.5, 0.6) is 5.75 Å². The Labute approximate surface area is 117 Å². The Morgan fingerprint density at radius 3 is 2.75 bits per heavy atom. The molecule has 1 heterocycles. The quantitative estimate of drug-likeness (QED) is 0.761. The Kier molecular flexibility index (Phi) is 3.44. The van der Waals surface area contributed by atoms with E-state index in [0.29, 0.717) is 6.42 Å². The first-order valence-electron chi connectivity index (χ1n) is 6.67. The average Bonchev–Trinajstić information content (AvgIpc) is 2.92. The molecule has 0 bridgehead atoms. The van der Waals surface area contributed by atoms with Crippen LogP contribution in [0, 0.1) is 0 Å². The Bertz CT molecular complexity index is 731. The first kappa shape index (κ1) is 12.8. The van der Waals surface area contributed by atoms with Crippen LogP contribution in [-0.2, 0) is 6.42 Å². The normalized spacial score (nSPS) is 10.9. The summed E-state index contributed by atoms with van der Waals surface area (Å²) in [4.78, 5) is 3.29. The summed E-state index contributed by atoms with van der Waals surface area (Å²) in [6, 6.07) is 14.2. The number of aromatic nitrogens is 1. The van der Waals surface area contributed by atoms with Gasteiger partial charge in [0.05, 0.1) is 7.11 Å². The second kappa shape index (κ2) is 5.39. The smallest absolute Gasteiger partial charge is 0.119 e. The molecule has 20 heavy (non-hydrogen) atoms. The fourth-order valence-corrected chi connectivity index (χ4v) is 2.57. The lowest BCUT2D eigenvalue weighted by atomic mass is 9.97. The van der Waals surface area contributed by atoms with Gasteiger partial charge in [-0.1, -0.05) is 24.3 Å². The highest BCUT2D eigenvalue weighted by Crippen LogP contribution is 2.33. The first-order chi connectivity index (χ1) is 9.83. The Morgan fingerprint density at radius 2 is 1.95 bits per heavy atom. The van der Waals surface area contributed by atoms with Gasteiger partial charge in [0.1, 0.15) is 5.75 Å². The van der Waals surface area contributed by atoms with Gasteiger partial charge in [0.15, 0.2) is 0 Å². The van der Waals surface area contributed by atoms with E-state index in [0.717, 1.165) is 28.0 Å². The molecule has 0 radical (unpaired) electrons. The van der Waals surface area contributed by atoms with Crippen LogP contribution in [-0.4, -0.2) is 23.8 Å². The fraction of sp³-hybridized carbons (Fsp3) is 0.176. The van der Waals surface area contributed by atoms with Crippen molar-refractivity contribution in [2.24, 2.45) is 0 Å². The number of H-pyrrole nitrogens is 1. The average molecular weight is 267 g/mol. The number of methoxy groups -OCH3 is 1. The second-order valence-electron chi connectivity index (χ2n) is 4.74. The van der Waals surface area contributed by atoms with Gasteiger partial charge in [-0.15, -0.1) is 0 Å². The number of hydrogen-bond acceptors (Lipinski definition) is 2. The number of ether oxygens (including phenoxy) is 1. The lowest BCUT2D eigenvalue weighted by Gasteiger charge is -2.10. The molecule has 0 aliphatic heterocycles. The van der Waals surface area contributed by atoms with Crippen LogP contribution in [0.15, 0.2) is 48.7 Å². The van der Waals surface area contributed by atoms with Gasteiger partial charge in [0.25, 0.3) is 0 Å². The standard InChI is InChI=1S/C17H17NO2/c1-20-13-7-6-12(8-9-19)15(10-13)16-11-18-17-5-3-2-4-14(16)17/h2-7,10-11,18-19H,8-9H2,1H3. The number of benzene rings is 2. The van der Waals surface area contributed by atoms with Crippen molar-refractivity contribution < 1.29 is 9.84 Å². The fourth-order valence-electron chi connectivity index (χ4n) is 2.57. The zero-order valence-electron chi connectivity index (χ0n) is 11.4. The molecule has 2 aromatic carbocycles. The Hall–Kier alpha value is -2.26. The third kappa shape index (κ3) is 2.17. The molecule has 0 unspecified atom stereocenters. The third-order valence-electron chi connectivity index (χ3n) is 3.58. The summed E-state index contributed by atoms with van der Waals surface area (Å²) in [6.45, 7) is 0.141. The molecule has 0 spiro atoms. The highest BCUT2D eigenvalue weighted by Gasteiger charge is 2.11. The summed E-state index contributed by atoms with van der Waals surface area (Å²) >= 11 is 0. The summed E-state index contributed by atoms with van der Waals surface area (Å²) in [6.07, 6.45) is 2.65. The Morgan fingerprint density at radius 1 is 1.10 bits per heavy atom. The van der Waals surface area contributed by atoms with Gasteiger partial charge >= 0.3 is 0 Å². The Balaban J connectivity index is 2.21. The summed E-state index contributed by atoms with van der Waals surface area (Å²) in [5, 5.41) is 10.4. The topological polar surface area (TPSA) is 45.2 Å². The summed E-state index contributed by atoms with van der Waals surface area (Å²) in [5.41, 5.74) is 4.48. The second-order valence-corrected chi connectivity index (χ2v) is 4.74. The zero-order chi connectivity index (χ0) is 13.9. The first-order valence-corrected chi connectivity index (χ1v) is 6.67. The molecule has 0 atom stereocenters. The van der Waals surface area contributed by atoms with E-state index in [-0.39, 0.29) is 6.61 Å². The van der Waals surface area contributed by atoms with Crippen molar-refractivity contribution in [2.45, 2.75) is 6.42 Å². The molecule has 0 amide bonds. The van der Waals surface area contributed by atoms with Crippen molar-refractivity contribution in [3.63, 3.8) is 0 Å². The number of aliphatic hydroxyl groups is 1. The highest BCUT2D eigenvalue weighted by molar-refractivity contribution is 5.96. The largest absolute Gasteiger partial charge is 0.497 e. The number of aromatic amines is 1. The van der Waals surface area contributed by atoms with E-state index in [1.807, 2.05) is 36.5 Å². The van der Waals surface area contributed by atoms with Gasteiger partial charge in [-0.25, -0.2) is 0 Å². The van der Waals surface area contributed by atoms with Gasteiger partial charge < -0.3 is 14.8 Å². The molecule has 2 N–H and O–H groups in total. The maximum absolute atomic E-state index is 9.24. The molecular formula is C17H17NO2. The predicted octanol–water partition coefficient (Wildman–Crippen LogP) is 3.38. The highest BCUT2D eigenvalue weighted by atomic mass is 16.5. The molecule has 1 aromatic heterocycles. The molecule has 0 aliphatic rings. The van der Waals surface area contributed by atoms with Gasteiger partial charge in [-0.3, -0.25) is 0 Å². The van der Waals surface area contributed by atoms with Crippen LogP contribution in [0.4, 0.5) is 0 Å². The van der Waals surface area contributed by atoms with Crippen molar-refractivity contribution in [1.82, 2.24) is 4.98 Å². The number of aliphatic hydroxyl groups excluding tert-OH is 1. The van der Waals surface area contributed by atoms with E-state index in [1.165, 1.54) is 5.39 Å². The van der Waals surface area contributed by atoms with E-state index < -0.39 is 0 Å². The molecular weight excluding hydrogens is 250 g/mol. The van der Waals surface area contributed by atoms with Gasteiger partial charge in [-0.2, -0.15) is 0 Å². The van der Waals surface area contributed by atoms with Gasteiger partial charge in [-0.05, 0) is 35.7 Å². The van der Waals surface area contributed by atoms with E-state index in [1.54, 1.807) is 7.11 Å². The maximum Gasteiger partial charge on any atom is 0.119 e. The minimum atomic E-state index is 0.141. The maximum atomic E-state index is 9.24. The van der Waals surface area contributed by atoms with Crippen LogP contribution in [0.25, 0.3) is 22.0 Å². The lowest BCUT2D eigenvalue weighted by molar-refractivity contribution is 0.299. The van der Waals surface area contributed by atoms with Crippen molar-refractivity contribution in [3.05, 3.63) is 54.2 Å². The van der Waals surface area contributed by atoms with Crippen LogP contribution in [0.1, 0.15) is 5.56 Å². The number of hydrogen-bond donors (Lipinski definition) is 2. The molecule has 3 nitrogen and oxygen atoms in total. The summed E-state index contributed by atoms with van der Waals surface area (Å²) in [5.74, 6) is 0.826. The minimum Gasteiger partial charge on any atom is -0.497 e. The van der Waals surface area contributed by atoms with E-state index in [9.17, 15) is 5.11 Å². The van der Waals surface area contributed by atoms with E-state index in [4.69, 9.17) is 4.74 Å². The van der Waals surface area contributed by atoms with Gasteiger partial charge in [0, 0.05) is 29.3 Å². The predicted molar refractivity (Wildman–Crippen MR) is 81.1 cm³/mol. The zero-order valence-corrected chi connectivity index (χ0v) is 11.4. The number of fused-ring (bicyclic) bond motifs is 1. The molecule has 102 valence electrons. The van der Waals surface area contributed by atoms with Crippen molar-refractivity contribution in [3.8, 4) is 16.9 Å². The number of para-hydroxylation sites is 1. The molecule has 0 saturated heterocycles. The summed E-state index contributed by atoms with van der Waals surface area (Å²) < 4.78 is 5.33. The van der Waals surface area contributed by atoms with Crippen molar-refractivity contribution in [2.75, 3.05) is 13.7 Å². The SMILES string of the molecule is COc1ccc(CCO)c(-c2c[nH]c3ccccc23)c1. The number of nitrogens with one attached hydrogen (secondary N) is 1. The molecule has 3 heteroatoms. The lowest BCUT2D eigenvalue weighted by Crippen LogP contribution is -1.95. The van der Waals surface area contributed by atoms with Crippen LogP contribution in [0.2, 0.25) is 0 Å². The van der Waals surface area contributed by atoms with E-state index >= 15 is 0 Å².